The maximum atomic E-state index is 5.95. The molecule has 0 bridgehead atoms. The first-order valence-corrected chi connectivity index (χ1v) is 8.78. The Hall–Kier alpha value is 0.1000. The lowest BCUT2D eigenvalue weighted by Gasteiger charge is -2.34. The predicted molar refractivity (Wildman–Crippen MR) is 85.7 cm³/mol. The summed E-state index contributed by atoms with van der Waals surface area (Å²) in [5.41, 5.74) is 0.532. The highest BCUT2D eigenvalue weighted by atomic mass is 79.9. The standard InChI is InChI=1S/C15H24BrNOS/c1-15(2)5-3-13(4-6-15)18-8-7-17-10-14-9-12(16)11-19-14/h9,11,13,17H,3-8,10H2,1-2H3. The summed E-state index contributed by atoms with van der Waals surface area (Å²) in [4.78, 5) is 1.37. The smallest absolute Gasteiger partial charge is 0.0594 e. The zero-order valence-electron chi connectivity index (χ0n) is 11.9. The molecule has 1 aliphatic rings. The van der Waals surface area contributed by atoms with E-state index in [2.05, 4.69) is 46.5 Å². The van der Waals surface area contributed by atoms with Crippen LogP contribution in [0.5, 0.6) is 0 Å². The van der Waals surface area contributed by atoms with Gasteiger partial charge in [0.15, 0.2) is 0 Å². The van der Waals surface area contributed by atoms with Crippen LogP contribution in [0.25, 0.3) is 0 Å². The van der Waals surface area contributed by atoms with Gasteiger partial charge in [-0.25, -0.2) is 0 Å². The van der Waals surface area contributed by atoms with Crippen molar-refractivity contribution in [1.29, 1.82) is 0 Å². The number of hydrogen-bond acceptors (Lipinski definition) is 3. The van der Waals surface area contributed by atoms with Crippen molar-refractivity contribution in [2.75, 3.05) is 13.2 Å². The zero-order chi connectivity index (χ0) is 13.7. The molecule has 1 heterocycles. The molecule has 0 saturated heterocycles. The van der Waals surface area contributed by atoms with Crippen LogP contribution in [-0.2, 0) is 11.3 Å². The lowest BCUT2D eigenvalue weighted by molar-refractivity contribution is 0.00595. The average Bonchev–Trinajstić information content (AvgIpc) is 2.77. The quantitative estimate of drug-likeness (QED) is 0.761. The summed E-state index contributed by atoms with van der Waals surface area (Å²) in [5.74, 6) is 0. The number of hydrogen-bond donors (Lipinski definition) is 1. The van der Waals surface area contributed by atoms with Crippen molar-refractivity contribution < 1.29 is 4.74 Å². The zero-order valence-corrected chi connectivity index (χ0v) is 14.3. The molecule has 0 atom stereocenters. The van der Waals surface area contributed by atoms with Gasteiger partial charge in [0.05, 0.1) is 12.7 Å². The van der Waals surface area contributed by atoms with Crippen LogP contribution in [0, 0.1) is 5.41 Å². The van der Waals surface area contributed by atoms with Gasteiger partial charge in [0.25, 0.3) is 0 Å². The highest BCUT2D eigenvalue weighted by Crippen LogP contribution is 2.36. The van der Waals surface area contributed by atoms with Crippen LogP contribution < -0.4 is 5.32 Å². The summed E-state index contributed by atoms with van der Waals surface area (Å²) in [6, 6.07) is 2.17. The van der Waals surface area contributed by atoms with E-state index >= 15 is 0 Å². The molecule has 1 saturated carbocycles. The van der Waals surface area contributed by atoms with Gasteiger partial charge in [0.2, 0.25) is 0 Å². The fourth-order valence-electron chi connectivity index (χ4n) is 2.50. The lowest BCUT2D eigenvalue weighted by atomic mass is 9.76. The van der Waals surface area contributed by atoms with Gasteiger partial charge in [0.1, 0.15) is 0 Å². The van der Waals surface area contributed by atoms with Crippen LogP contribution in [0.3, 0.4) is 0 Å². The second kappa shape index (κ2) is 7.21. The molecule has 0 unspecified atom stereocenters. The average molecular weight is 346 g/mol. The predicted octanol–water partition coefficient (Wildman–Crippen LogP) is 4.59. The topological polar surface area (TPSA) is 21.3 Å². The van der Waals surface area contributed by atoms with Gasteiger partial charge in [-0.1, -0.05) is 13.8 Å². The molecule has 0 spiro atoms. The van der Waals surface area contributed by atoms with Crippen LogP contribution in [0.2, 0.25) is 0 Å². The molecule has 0 amide bonds. The van der Waals surface area contributed by atoms with Crippen molar-refractivity contribution >= 4 is 27.3 Å². The summed E-state index contributed by atoms with van der Waals surface area (Å²) < 4.78 is 7.13. The third-order valence-electron chi connectivity index (χ3n) is 3.84. The second-order valence-corrected chi connectivity index (χ2v) is 8.05. The first-order valence-electron chi connectivity index (χ1n) is 7.10. The number of halogens is 1. The molecule has 2 nitrogen and oxygen atoms in total. The molecular formula is C15H24BrNOS. The number of rotatable bonds is 6. The molecule has 0 aromatic carbocycles. The van der Waals surface area contributed by atoms with Crippen molar-refractivity contribution in [2.45, 2.75) is 52.2 Å². The molecular weight excluding hydrogens is 322 g/mol. The Kier molecular flexibility index (Phi) is 5.87. The highest BCUT2D eigenvalue weighted by molar-refractivity contribution is 9.10. The number of ether oxygens (including phenoxy) is 1. The lowest BCUT2D eigenvalue weighted by Crippen LogP contribution is -2.29. The minimum absolute atomic E-state index is 0.491. The van der Waals surface area contributed by atoms with Crippen LogP contribution in [0.15, 0.2) is 15.9 Å². The minimum Gasteiger partial charge on any atom is -0.377 e. The van der Waals surface area contributed by atoms with E-state index in [1.165, 1.54) is 35.0 Å². The van der Waals surface area contributed by atoms with Gasteiger partial charge in [0, 0.05) is 27.8 Å². The Morgan fingerprint density at radius 1 is 1.42 bits per heavy atom. The molecule has 1 N–H and O–H groups in total. The van der Waals surface area contributed by atoms with E-state index in [0.29, 0.717) is 11.5 Å². The van der Waals surface area contributed by atoms with E-state index in [0.717, 1.165) is 19.7 Å². The fourth-order valence-corrected chi connectivity index (χ4v) is 3.92. The first-order chi connectivity index (χ1) is 9.05. The van der Waals surface area contributed by atoms with Crippen molar-refractivity contribution in [3.63, 3.8) is 0 Å². The second-order valence-electron chi connectivity index (χ2n) is 6.14. The Morgan fingerprint density at radius 2 is 2.16 bits per heavy atom. The first kappa shape index (κ1) is 15.5. The summed E-state index contributed by atoms with van der Waals surface area (Å²) >= 11 is 5.26. The molecule has 108 valence electrons. The van der Waals surface area contributed by atoms with Crippen molar-refractivity contribution in [3.8, 4) is 0 Å². The molecule has 1 fully saturated rings. The molecule has 19 heavy (non-hydrogen) atoms. The van der Waals surface area contributed by atoms with Crippen molar-refractivity contribution in [2.24, 2.45) is 5.41 Å². The summed E-state index contributed by atoms with van der Waals surface area (Å²) in [5, 5.41) is 5.56. The SMILES string of the molecule is CC1(C)CCC(OCCNCc2cc(Br)cs2)CC1. The molecule has 1 aromatic rings. The number of nitrogens with one attached hydrogen (secondary N) is 1. The van der Waals surface area contributed by atoms with E-state index in [1.54, 1.807) is 11.3 Å². The summed E-state index contributed by atoms with van der Waals surface area (Å²) in [6.07, 6.45) is 5.55. The Morgan fingerprint density at radius 3 is 2.79 bits per heavy atom. The van der Waals surface area contributed by atoms with Gasteiger partial charge in [-0.2, -0.15) is 0 Å². The van der Waals surface area contributed by atoms with Crippen LogP contribution >= 0.6 is 27.3 Å². The molecule has 2 rings (SSSR count). The fraction of sp³-hybridized carbons (Fsp3) is 0.733. The Balaban J connectivity index is 1.53. The highest BCUT2D eigenvalue weighted by Gasteiger charge is 2.26. The van der Waals surface area contributed by atoms with Gasteiger partial charge in [-0.05, 0) is 53.1 Å². The third-order valence-corrected chi connectivity index (χ3v) is 5.54. The monoisotopic (exact) mass is 345 g/mol. The van der Waals surface area contributed by atoms with Crippen LogP contribution in [0.4, 0.5) is 0 Å². The van der Waals surface area contributed by atoms with E-state index in [1.807, 2.05) is 0 Å². The maximum Gasteiger partial charge on any atom is 0.0594 e. The van der Waals surface area contributed by atoms with E-state index in [4.69, 9.17) is 4.74 Å². The summed E-state index contributed by atoms with van der Waals surface area (Å²) in [7, 11) is 0. The van der Waals surface area contributed by atoms with E-state index in [9.17, 15) is 0 Å². The van der Waals surface area contributed by atoms with Crippen LogP contribution in [0.1, 0.15) is 44.4 Å². The van der Waals surface area contributed by atoms with Gasteiger partial charge in [-0.3, -0.25) is 0 Å². The molecule has 0 aliphatic heterocycles. The maximum absolute atomic E-state index is 5.95. The molecule has 1 aliphatic carbocycles. The summed E-state index contributed by atoms with van der Waals surface area (Å²) in [6.45, 7) is 7.44. The van der Waals surface area contributed by atoms with E-state index < -0.39 is 0 Å². The number of thiophene rings is 1. The largest absolute Gasteiger partial charge is 0.377 e. The normalized spacial score (nSPS) is 19.7. The van der Waals surface area contributed by atoms with Gasteiger partial charge >= 0.3 is 0 Å². The van der Waals surface area contributed by atoms with Crippen molar-refractivity contribution in [3.05, 3.63) is 20.8 Å². The van der Waals surface area contributed by atoms with Crippen LogP contribution in [-0.4, -0.2) is 19.3 Å². The Labute approximate surface area is 129 Å². The van der Waals surface area contributed by atoms with Crippen molar-refractivity contribution in [1.82, 2.24) is 5.32 Å². The minimum atomic E-state index is 0.491. The molecule has 1 aromatic heterocycles. The van der Waals surface area contributed by atoms with Gasteiger partial charge < -0.3 is 10.1 Å². The molecule has 0 radical (unpaired) electrons. The molecule has 4 heteroatoms. The third kappa shape index (κ3) is 5.54. The van der Waals surface area contributed by atoms with Gasteiger partial charge in [-0.15, -0.1) is 11.3 Å². The Bertz CT molecular complexity index is 381. The van der Waals surface area contributed by atoms with E-state index in [-0.39, 0.29) is 0 Å².